The van der Waals surface area contributed by atoms with Gasteiger partial charge in [-0.1, -0.05) is 63.1 Å². The van der Waals surface area contributed by atoms with Gasteiger partial charge in [0.2, 0.25) is 0 Å². The van der Waals surface area contributed by atoms with Gasteiger partial charge < -0.3 is 5.11 Å². The molecule has 2 rings (SSSR count). The molecule has 0 unspecified atom stereocenters. The fourth-order valence-electron chi connectivity index (χ4n) is 1.66. The molecule has 96 valence electrons. The first-order chi connectivity index (χ1) is 8.61. The largest absolute Gasteiger partial charge is 0.478 e. The summed E-state index contributed by atoms with van der Waals surface area (Å²) in [7, 11) is 0. The molecule has 0 bridgehead atoms. The number of rotatable bonds is 2. The van der Waals surface area contributed by atoms with E-state index in [1.807, 2.05) is 43.3 Å². The van der Waals surface area contributed by atoms with Crippen molar-refractivity contribution in [2.24, 2.45) is 0 Å². The minimum Gasteiger partial charge on any atom is -0.478 e. The van der Waals surface area contributed by atoms with Crippen molar-refractivity contribution in [1.29, 1.82) is 0 Å². The van der Waals surface area contributed by atoms with E-state index >= 15 is 0 Å². The molecule has 0 saturated heterocycles. The smallest absolute Gasteiger partial charge is 0.336 e. The molecular formula is C16H20O2. The van der Waals surface area contributed by atoms with Crippen molar-refractivity contribution in [1.82, 2.24) is 0 Å². The molecule has 0 spiro atoms. The predicted molar refractivity (Wildman–Crippen MR) is 76.2 cm³/mol. The Bertz CT molecular complexity index is 528. The highest BCUT2D eigenvalue weighted by Crippen LogP contribution is 2.21. The Morgan fingerprint density at radius 3 is 2.22 bits per heavy atom. The molecule has 0 fully saturated rings. The molecule has 1 N–H and O–H groups in total. The zero-order valence-corrected chi connectivity index (χ0v) is 11.2. The van der Waals surface area contributed by atoms with Gasteiger partial charge >= 0.3 is 5.97 Å². The highest BCUT2D eigenvalue weighted by molar-refractivity contribution is 6.04. The minimum atomic E-state index is -0.862. The SMILES string of the molecule is CCCC.Cc1ccc2ccccc2c1C(=O)O. The Kier molecular flexibility index (Phi) is 5.37. The van der Waals surface area contributed by atoms with Crippen molar-refractivity contribution in [3.05, 3.63) is 47.5 Å². The van der Waals surface area contributed by atoms with E-state index in [0.717, 1.165) is 16.3 Å². The van der Waals surface area contributed by atoms with Gasteiger partial charge in [0, 0.05) is 0 Å². The summed E-state index contributed by atoms with van der Waals surface area (Å²) < 4.78 is 0. The summed E-state index contributed by atoms with van der Waals surface area (Å²) >= 11 is 0. The van der Waals surface area contributed by atoms with Gasteiger partial charge in [0.1, 0.15) is 0 Å². The van der Waals surface area contributed by atoms with Crippen molar-refractivity contribution in [2.75, 3.05) is 0 Å². The molecule has 0 aromatic heterocycles. The maximum Gasteiger partial charge on any atom is 0.336 e. The Morgan fingerprint density at radius 2 is 1.67 bits per heavy atom. The number of aryl methyl sites for hydroxylation is 1. The second-order valence-electron chi connectivity index (χ2n) is 4.28. The number of carbonyl (C=O) groups is 1. The van der Waals surface area contributed by atoms with Crippen molar-refractivity contribution < 1.29 is 9.90 Å². The van der Waals surface area contributed by atoms with Gasteiger partial charge in [-0.3, -0.25) is 0 Å². The summed E-state index contributed by atoms with van der Waals surface area (Å²) in [5.41, 5.74) is 1.21. The second kappa shape index (κ2) is 6.80. The van der Waals surface area contributed by atoms with Crippen LogP contribution in [0.2, 0.25) is 0 Å². The molecule has 0 saturated carbocycles. The Hall–Kier alpha value is -1.83. The number of benzene rings is 2. The van der Waals surface area contributed by atoms with Crippen molar-refractivity contribution in [3.8, 4) is 0 Å². The van der Waals surface area contributed by atoms with E-state index in [1.165, 1.54) is 12.8 Å². The van der Waals surface area contributed by atoms with Gasteiger partial charge in [-0.2, -0.15) is 0 Å². The maximum absolute atomic E-state index is 11.0. The van der Waals surface area contributed by atoms with Crippen LogP contribution < -0.4 is 0 Å². The quantitative estimate of drug-likeness (QED) is 0.834. The highest BCUT2D eigenvalue weighted by Gasteiger charge is 2.10. The topological polar surface area (TPSA) is 37.3 Å². The van der Waals surface area contributed by atoms with E-state index in [4.69, 9.17) is 5.11 Å². The van der Waals surface area contributed by atoms with Crippen molar-refractivity contribution in [2.45, 2.75) is 33.6 Å². The normalized spacial score (nSPS) is 9.72. The lowest BCUT2D eigenvalue weighted by molar-refractivity contribution is 0.0698. The Morgan fingerprint density at radius 1 is 1.06 bits per heavy atom. The molecule has 0 heterocycles. The number of hydrogen-bond donors (Lipinski definition) is 1. The summed E-state index contributed by atoms with van der Waals surface area (Å²) in [6.45, 7) is 6.18. The van der Waals surface area contributed by atoms with Crippen LogP contribution in [0.1, 0.15) is 42.6 Å². The lowest BCUT2D eigenvalue weighted by Crippen LogP contribution is -2.00. The van der Waals surface area contributed by atoms with Crippen LogP contribution in [0.3, 0.4) is 0 Å². The fourth-order valence-corrected chi connectivity index (χ4v) is 1.66. The summed E-state index contributed by atoms with van der Waals surface area (Å²) in [5, 5.41) is 10.8. The van der Waals surface area contributed by atoms with Crippen LogP contribution in [-0.2, 0) is 0 Å². The summed E-state index contributed by atoms with van der Waals surface area (Å²) in [5.74, 6) is -0.862. The van der Waals surface area contributed by atoms with Gasteiger partial charge in [-0.05, 0) is 23.3 Å². The third-order valence-electron chi connectivity index (χ3n) is 2.85. The van der Waals surface area contributed by atoms with Gasteiger partial charge in [0.15, 0.2) is 0 Å². The summed E-state index contributed by atoms with van der Waals surface area (Å²) in [4.78, 5) is 11.0. The van der Waals surface area contributed by atoms with Crippen molar-refractivity contribution in [3.63, 3.8) is 0 Å². The van der Waals surface area contributed by atoms with Crippen LogP contribution in [0.25, 0.3) is 10.8 Å². The zero-order chi connectivity index (χ0) is 13.5. The van der Waals surface area contributed by atoms with E-state index in [0.29, 0.717) is 5.56 Å². The van der Waals surface area contributed by atoms with Crippen LogP contribution in [0, 0.1) is 6.92 Å². The van der Waals surface area contributed by atoms with Gasteiger partial charge in [0.25, 0.3) is 0 Å². The standard InChI is InChI=1S/C12H10O2.C4H10/c1-8-6-7-9-4-2-3-5-10(9)11(8)12(13)14;1-3-4-2/h2-7H,1H3,(H,13,14);3-4H2,1-2H3. The number of carboxylic acid groups (broad SMARTS) is 1. The molecule has 2 nitrogen and oxygen atoms in total. The van der Waals surface area contributed by atoms with Crippen molar-refractivity contribution >= 4 is 16.7 Å². The first-order valence-corrected chi connectivity index (χ1v) is 6.33. The Balaban J connectivity index is 0.000000357. The highest BCUT2D eigenvalue weighted by atomic mass is 16.4. The predicted octanol–water partition coefficient (Wildman–Crippen LogP) is 4.65. The van der Waals surface area contributed by atoms with E-state index in [9.17, 15) is 4.79 Å². The van der Waals surface area contributed by atoms with Gasteiger partial charge in [-0.25, -0.2) is 4.79 Å². The molecule has 0 aliphatic carbocycles. The number of aromatic carboxylic acids is 1. The van der Waals surface area contributed by atoms with E-state index in [1.54, 1.807) is 0 Å². The third-order valence-corrected chi connectivity index (χ3v) is 2.85. The molecule has 2 aromatic carbocycles. The first-order valence-electron chi connectivity index (χ1n) is 6.33. The number of unbranched alkanes of at least 4 members (excludes halogenated alkanes) is 1. The zero-order valence-electron chi connectivity index (χ0n) is 11.2. The lowest BCUT2D eigenvalue weighted by Gasteiger charge is -2.05. The van der Waals surface area contributed by atoms with Crippen LogP contribution in [0.4, 0.5) is 0 Å². The third kappa shape index (κ3) is 3.33. The monoisotopic (exact) mass is 244 g/mol. The maximum atomic E-state index is 11.0. The molecular weight excluding hydrogens is 224 g/mol. The molecule has 0 radical (unpaired) electrons. The average molecular weight is 244 g/mol. The van der Waals surface area contributed by atoms with Gasteiger partial charge in [0.05, 0.1) is 5.56 Å². The molecule has 0 atom stereocenters. The van der Waals surface area contributed by atoms with Crippen LogP contribution in [-0.4, -0.2) is 11.1 Å². The van der Waals surface area contributed by atoms with E-state index in [2.05, 4.69) is 13.8 Å². The Labute approximate surface area is 108 Å². The van der Waals surface area contributed by atoms with E-state index in [-0.39, 0.29) is 0 Å². The number of hydrogen-bond acceptors (Lipinski definition) is 1. The van der Waals surface area contributed by atoms with Crippen LogP contribution in [0.5, 0.6) is 0 Å². The molecule has 2 heteroatoms. The molecule has 0 amide bonds. The summed E-state index contributed by atoms with van der Waals surface area (Å²) in [6, 6.07) is 11.3. The number of fused-ring (bicyclic) bond motifs is 1. The molecule has 0 aliphatic heterocycles. The minimum absolute atomic E-state index is 0.406. The molecule has 2 aromatic rings. The second-order valence-corrected chi connectivity index (χ2v) is 4.28. The van der Waals surface area contributed by atoms with E-state index < -0.39 is 5.97 Å². The summed E-state index contributed by atoms with van der Waals surface area (Å²) in [6.07, 6.45) is 2.64. The van der Waals surface area contributed by atoms with Crippen LogP contribution in [0.15, 0.2) is 36.4 Å². The van der Waals surface area contributed by atoms with Gasteiger partial charge in [-0.15, -0.1) is 0 Å². The fraction of sp³-hybridized carbons (Fsp3) is 0.312. The first kappa shape index (κ1) is 14.2. The molecule has 0 aliphatic rings. The molecule has 18 heavy (non-hydrogen) atoms. The van der Waals surface area contributed by atoms with Crippen LogP contribution >= 0.6 is 0 Å². The lowest BCUT2D eigenvalue weighted by atomic mass is 10.00. The number of carboxylic acids is 1. The average Bonchev–Trinajstić information content (AvgIpc) is 2.38.